The van der Waals surface area contributed by atoms with Gasteiger partial charge in [-0.05, 0) is 43.7 Å². The summed E-state index contributed by atoms with van der Waals surface area (Å²) in [5, 5.41) is 10.0. The molecule has 1 saturated heterocycles. The highest BCUT2D eigenvalue weighted by Gasteiger charge is 2.33. The molecule has 2 fully saturated rings. The molecule has 1 N–H and O–H groups in total. The molecule has 0 radical (unpaired) electrons. The fourth-order valence-electron chi connectivity index (χ4n) is 3.94. The summed E-state index contributed by atoms with van der Waals surface area (Å²) < 4.78 is 0. The SMILES string of the molecule is Cc1ccccc1CCC(=O)N1CCN([C@@H]2CCC[C@H]2O)CC1. The minimum atomic E-state index is -0.168. The summed E-state index contributed by atoms with van der Waals surface area (Å²) in [6.07, 6.45) is 4.41. The van der Waals surface area contributed by atoms with Crippen LogP contribution in [0.5, 0.6) is 0 Å². The molecule has 1 aliphatic carbocycles. The highest BCUT2D eigenvalue weighted by molar-refractivity contribution is 5.76. The highest BCUT2D eigenvalue weighted by atomic mass is 16.3. The lowest BCUT2D eigenvalue weighted by atomic mass is 10.0. The molecular weight excluding hydrogens is 288 g/mol. The Morgan fingerprint density at radius 2 is 1.91 bits per heavy atom. The maximum atomic E-state index is 12.4. The first-order chi connectivity index (χ1) is 11.1. The van der Waals surface area contributed by atoms with Crippen LogP contribution < -0.4 is 0 Å². The van der Waals surface area contributed by atoms with Gasteiger partial charge in [0, 0.05) is 38.6 Å². The quantitative estimate of drug-likeness (QED) is 0.924. The second kappa shape index (κ2) is 7.45. The summed E-state index contributed by atoms with van der Waals surface area (Å²) in [6.45, 7) is 5.51. The van der Waals surface area contributed by atoms with Gasteiger partial charge >= 0.3 is 0 Å². The van der Waals surface area contributed by atoms with E-state index in [1.807, 2.05) is 17.0 Å². The van der Waals surface area contributed by atoms with Gasteiger partial charge in [0.25, 0.3) is 0 Å². The summed E-state index contributed by atoms with van der Waals surface area (Å²) in [5.41, 5.74) is 2.54. The van der Waals surface area contributed by atoms with Gasteiger partial charge in [0.2, 0.25) is 5.91 Å². The van der Waals surface area contributed by atoms with Crippen molar-refractivity contribution in [1.29, 1.82) is 0 Å². The van der Waals surface area contributed by atoms with E-state index in [2.05, 4.69) is 24.0 Å². The third-order valence-electron chi connectivity index (χ3n) is 5.45. The van der Waals surface area contributed by atoms with E-state index >= 15 is 0 Å². The molecule has 4 heteroatoms. The molecule has 2 aliphatic rings. The maximum absolute atomic E-state index is 12.4. The Hall–Kier alpha value is -1.39. The summed E-state index contributed by atoms with van der Waals surface area (Å²) in [4.78, 5) is 16.8. The molecule has 4 nitrogen and oxygen atoms in total. The van der Waals surface area contributed by atoms with Crippen LogP contribution in [-0.2, 0) is 11.2 Å². The van der Waals surface area contributed by atoms with Gasteiger partial charge in [0.15, 0.2) is 0 Å². The van der Waals surface area contributed by atoms with Crippen molar-refractivity contribution < 1.29 is 9.90 Å². The number of benzene rings is 1. The van der Waals surface area contributed by atoms with Crippen LogP contribution in [-0.4, -0.2) is 59.1 Å². The Balaban J connectivity index is 1.46. The first kappa shape index (κ1) is 16.5. The zero-order chi connectivity index (χ0) is 16.2. The van der Waals surface area contributed by atoms with E-state index in [4.69, 9.17) is 0 Å². The van der Waals surface area contributed by atoms with E-state index < -0.39 is 0 Å². The number of hydrogen-bond acceptors (Lipinski definition) is 3. The van der Waals surface area contributed by atoms with Crippen LogP contribution in [0.2, 0.25) is 0 Å². The number of hydrogen-bond donors (Lipinski definition) is 1. The first-order valence-electron chi connectivity index (χ1n) is 8.89. The monoisotopic (exact) mass is 316 g/mol. The molecule has 1 aliphatic heterocycles. The molecule has 1 saturated carbocycles. The second-order valence-electron chi connectivity index (χ2n) is 6.91. The molecule has 1 heterocycles. The van der Waals surface area contributed by atoms with E-state index in [-0.39, 0.29) is 12.0 Å². The zero-order valence-corrected chi connectivity index (χ0v) is 14.1. The average Bonchev–Trinajstić information content (AvgIpc) is 3.00. The van der Waals surface area contributed by atoms with Crippen molar-refractivity contribution >= 4 is 5.91 Å². The van der Waals surface area contributed by atoms with Gasteiger partial charge in [-0.2, -0.15) is 0 Å². The highest BCUT2D eigenvalue weighted by Crippen LogP contribution is 2.25. The number of rotatable bonds is 4. The Morgan fingerprint density at radius 1 is 1.17 bits per heavy atom. The Kier molecular flexibility index (Phi) is 5.34. The van der Waals surface area contributed by atoms with Crippen LogP contribution in [0.3, 0.4) is 0 Å². The molecule has 23 heavy (non-hydrogen) atoms. The predicted molar refractivity (Wildman–Crippen MR) is 91.3 cm³/mol. The van der Waals surface area contributed by atoms with Crippen LogP contribution in [0, 0.1) is 6.92 Å². The molecule has 0 spiro atoms. The minimum absolute atomic E-state index is 0.168. The Bertz CT molecular complexity index is 538. The topological polar surface area (TPSA) is 43.8 Å². The molecular formula is C19H28N2O2. The van der Waals surface area contributed by atoms with Gasteiger partial charge in [-0.15, -0.1) is 0 Å². The summed E-state index contributed by atoms with van der Waals surface area (Å²) >= 11 is 0. The Morgan fingerprint density at radius 3 is 2.57 bits per heavy atom. The summed E-state index contributed by atoms with van der Waals surface area (Å²) in [6, 6.07) is 8.61. The molecule has 0 unspecified atom stereocenters. The van der Waals surface area contributed by atoms with E-state index in [1.54, 1.807) is 0 Å². The summed E-state index contributed by atoms with van der Waals surface area (Å²) in [5.74, 6) is 0.264. The number of aliphatic hydroxyl groups is 1. The van der Waals surface area contributed by atoms with Crippen LogP contribution in [0.1, 0.15) is 36.8 Å². The van der Waals surface area contributed by atoms with Crippen molar-refractivity contribution in [3.63, 3.8) is 0 Å². The van der Waals surface area contributed by atoms with Crippen LogP contribution in [0.25, 0.3) is 0 Å². The van der Waals surface area contributed by atoms with Crippen LogP contribution >= 0.6 is 0 Å². The number of carbonyl (C=O) groups excluding carboxylic acids is 1. The molecule has 126 valence electrons. The molecule has 0 bridgehead atoms. The number of aliphatic hydroxyl groups excluding tert-OH is 1. The largest absolute Gasteiger partial charge is 0.391 e. The van der Waals surface area contributed by atoms with Gasteiger partial charge in [-0.25, -0.2) is 0 Å². The van der Waals surface area contributed by atoms with E-state index in [9.17, 15) is 9.90 Å². The average molecular weight is 316 g/mol. The van der Waals surface area contributed by atoms with Crippen molar-refractivity contribution in [1.82, 2.24) is 9.80 Å². The maximum Gasteiger partial charge on any atom is 0.222 e. The molecule has 3 rings (SSSR count). The van der Waals surface area contributed by atoms with Crippen LogP contribution in [0.15, 0.2) is 24.3 Å². The molecule has 1 aromatic rings. The van der Waals surface area contributed by atoms with Crippen molar-refractivity contribution in [3.05, 3.63) is 35.4 Å². The van der Waals surface area contributed by atoms with Gasteiger partial charge in [-0.1, -0.05) is 24.3 Å². The van der Waals surface area contributed by atoms with Crippen molar-refractivity contribution in [2.75, 3.05) is 26.2 Å². The third-order valence-corrected chi connectivity index (χ3v) is 5.45. The first-order valence-corrected chi connectivity index (χ1v) is 8.89. The number of carbonyl (C=O) groups is 1. The van der Waals surface area contributed by atoms with E-state index in [0.29, 0.717) is 12.5 Å². The van der Waals surface area contributed by atoms with Gasteiger partial charge < -0.3 is 10.0 Å². The molecule has 0 aromatic heterocycles. The normalized spacial score (nSPS) is 25.7. The number of nitrogens with zero attached hydrogens (tertiary/aromatic N) is 2. The van der Waals surface area contributed by atoms with E-state index in [1.165, 1.54) is 11.1 Å². The fourth-order valence-corrected chi connectivity index (χ4v) is 3.94. The lowest BCUT2D eigenvalue weighted by Gasteiger charge is -2.39. The Labute approximate surface area is 139 Å². The standard InChI is InChI=1S/C19H28N2O2/c1-15-5-2-3-6-16(15)9-10-19(23)21-13-11-20(12-14-21)17-7-4-8-18(17)22/h2-3,5-6,17-18,22H,4,7-14H2,1H3/t17-,18-/m1/s1. The van der Waals surface area contributed by atoms with Gasteiger partial charge in [0.05, 0.1) is 6.10 Å². The van der Waals surface area contributed by atoms with Crippen molar-refractivity contribution in [2.24, 2.45) is 0 Å². The molecule has 2 atom stereocenters. The number of aryl methyl sites for hydroxylation is 2. The van der Waals surface area contributed by atoms with Crippen molar-refractivity contribution in [3.8, 4) is 0 Å². The summed E-state index contributed by atoms with van der Waals surface area (Å²) in [7, 11) is 0. The number of piperazine rings is 1. The molecule has 1 amide bonds. The lowest BCUT2D eigenvalue weighted by Crippen LogP contribution is -2.53. The second-order valence-corrected chi connectivity index (χ2v) is 6.91. The van der Waals surface area contributed by atoms with E-state index in [0.717, 1.165) is 51.9 Å². The van der Waals surface area contributed by atoms with Crippen molar-refractivity contribution in [2.45, 2.75) is 51.2 Å². The molecule has 1 aromatic carbocycles. The van der Waals surface area contributed by atoms with Gasteiger partial charge in [0.1, 0.15) is 0 Å². The smallest absolute Gasteiger partial charge is 0.222 e. The third kappa shape index (κ3) is 3.93. The lowest BCUT2D eigenvalue weighted by molar-refractivity contribution is -0.133. The fraction of sp³-hybridized carbons (Fsp3) is 0.632. The predicted octanol–water partition coefficient (Wildman–Crippen LogP) is 1.99. The zero-order valence-electron chi connectivity index (χ0n) is 14.1. The number of amides is 1. The van der Waals surface area contributed by atoms with Crippen LogP contribution in [0.4, 0.5) is 0 Å². The van der Waals surface area contributed by atoms with Gasteiger partial charge in [-0.3, -0.25) is 9.69 Å². The minimum Gasteiger partial charge on any atom is -0.391 e.